The first-order chi connectivity index (χ1) is 14.9. The van der Waals surface area contributed by atoms with Crippen LogP contribution in [-0.4, -0.2) is 93.4 Å². The van der Waals surface area contributed by atoms with Crippen molar-refractivity contribution in [3.63, 3.8) is 0 Å². The fourth-order valence-electron chi connectivity index (χ4n) is 4.71. The van der Waals surface area contributed by atoms with E-state index < -0.39 is 10.0 Å². The Balaban J connectivity index is 0.00000289. The molecule has 32 heavy (non-hydrogen) atoms. The summed E-state index contributed by atoms with van der Waals surface area (Å²) in [6, 6.07) is 9.02. The lowest BCUT2D eigenvalue weighted by Crippen LogP contribution is -2.47. The second-order valence-corrected chi connectivity index (χ2v) is 11.0. The third-order valence-corrected chi connectivity index (χ3v) is 8.70. The lowest BCUT2D eigenvalue weighted by Gasteiger charge is -2.32. The highest BCUT2D eigenvalue weighted by molar-refractivity contribution is 14.0. The summed E-state index contributed by atoms with van der Waals surface area (Å²) in [5, 5.41) is 6.88. The smallest absolute Gasteiger partial charge is 0.243 e. The van der Waals surface area contributed by atoms with Gasteiger partial charge in [-0.15, -0.1) is 24.0 Å². The van der Waals surface area contributed by atoms with Crippen LogP contribution in [0.3, 0.4) is 0 Å². The van der Waals surface area contributed by atoms with Crippen LogP contribution >= 0.6 is 24.0 Å². The minimum absolute atomic E-state index is 0. The zero-order chi connectivity index (χ0) is 22.0. The molecule has 2 atom stereocenters. The Labute approximate surface area is 209 Å². The Hall–Kier alpha value is -0.950. The van der Waals surface area contributed by atoms with Crippen LogP contribution in [0.15, 0.2) is 34.2 Å². The molecular weight excluding hydrogens is 539 g/mol. The Bertz CT molecular complexity index is 899. The van der Waals surface area contributed by atoms with E-state index in [4.69, 9.17) is 0 Å². The summed E-state index contributed by atoms with van der Waals surface area (Å²) in [5.74, 6) is 0.724. The Morgan fingerprint density at radius 2 is 1.84 bits per heavy atom. The summed E-state index contributed by atoms with van der Waals surface area (Å²) >= 11 is 0. The van der Waals surface area contributed by atoms with Crippen LogP contribution in [0.25, 0.3) is 0 Å². The largest absolute Gasteiger partial charge is 0.352 e. The van der Waals surface area contributed by atoms with Gasteiger partial charge in [-0.1, -0.05) is 18.2 Å². The third-order valence-electron chi connectivity index (χ3n) is 6.70. The molecule has 1 saturated carbocycles. The molecule has 0 spiro atoms. The number of piperazine rings is 1. The second-order valence-electron chi connectivity index (χ2n) is 9.09. The zero-order valence-electron chi connectivity index (χ0n) is 19.3. The molecule has 0 radical (unpaired) electrons. The number of rotatable bonds is 6. The average Bonchev–Trinajstić information content (AvgIpc) is 3.54. The number of aliphatic imine (C=N–C) groups is 1. The van der Waals surface area contributed by atoms with Crippen molar-refractivity contribution in [3.05, 3.63) is 29.8 Å². The Kier molecular flexibility index (Phi) is 8.81. The number of hydrogen-bond donors (Lipinski definition) is 2. The molecule has 0 aromatic heterocycles. The highest BCUT2D eigenvalue weighted by Crippen LogP contribution is 2.33. The average molecular weight is 577 g/mol. The zero-order valence-corrected chi connectivity index (χ0v) is 22.5. The van der Waals surface area contributed by atoms with Crippen LogP contribution in [0.5, 0.6) is 0 Å². The van der Waals surface area contributed by atoms with Crippen LogP contribution in [-0.2, 0) is 16.6 Å². The van der Waals surface area contributed by atoms with Crippen molar-refractivity contribution in [3.8, 4) is 0 Å². The van der Waals surface area contributed by atoms with Crippen LogP contribution in [0.4, 0.5) is 0 Å². The van der Waals surface area contributed by atoms with E-state index in [-0.39, 0.29) is 24.0 Å². The molecule has 1 aromatic rings. The topological polar surface area (TPSA) is 80.3 Å². The maximum absolute atomic E-state index is 13.3. The maximum Gasteiger partial charge on any atom is 0.243 e. The lowest BCUT2D eigenvalue weighted by molar-refractivity contribution is 0.222. The van der Waals surface area contributed by atoms with E-state index in [2.05, 4.69) is 32.3 Å². The second kappa shape index (κ2) is 11.0. The monoisotopic (exact) mass is 576 g/mol. The molecule has 2 aliphatic heterocycles. The van der Waals surface area contributed by atoms with E-state index in [0.29, 0.717) is 36.6 Å². The van der Waals surface area contributed by atoms with Crippen LogP contribution in [0.1, 0.15) is 31.7 Å². The van der Waals surface area contributed by atoms with E-state index in [9.17, 15) is 8.42 Å². The number of nitrogens with one attached hydrogen (secondary N) is 2. The minimum atomic E-state index is -3.51. The van der Waals surface area contributed by atoms with Crippen molar-refractivity contribution < 1.29 is 8.42 Å². The highest BCUT2D eigenvalue weighted by atomic mass is 127. The van der Waals surface area contributed by atoms with Gasteiger partial charge in [0.05, 0.1) is 4.90 Å². The first-order valence-corrected chi connectivity index (χ1v) is 12.8. The van der Waals surface area contributed by atoms with Gasteiger partial charge in [-0.2, -0.15) is 4.31 Å². The summed E-state index contributed by atoms with van der Waals surface area (Å²) in [5.41, 5.74) is 0.767. The molecule has 4 rings (SSSR count). The molecule has 2 saturated heterocycles. The minimum Gasteiger partial charge on any atom is -0.352 e. The van der Waals surface area contributed by atoms with Gasteiger partial charge in [-0.05, 0) is 44.9 Å². The molecule has 2 N–H and O–H groups in total. The fourth-order valence-corrected chi connectivity index (χ4v) is 6.36. The number of likely N-dealkylation sites (N-methyl/N-ethyl adjacent to an activating group) is 1. The van der Waals surface area contributed by atoms with Gasteiger partial charge in [-0.25, -0.2) is 8.42 Å². The highest BCUT2D eigenvalue weighted by Gasteiger charge is 2.39. The molecule has 2 unspecified atom stereocenters. The maximum atomic E-state index is 13.3. The van der Waals surface area contributed by atoms with Gasteiger partial charge in [0, 0.05) is 64.4 Å². The molecule has 8 nitrogen and oxygen atoms in total. The Morgan fingerprint density at radius 3 is 2.50 bits per heavy atom. The van der Waals surface area contributed by atoms with E-state index in [0.717, 1.165) is 43.6 Å². The van der Waals surface area contributed by atoms with E-state index in [1.165, 1.54) is 12.8 Å². The number of halogens is 1. The summed E-state index contributed by atoms with van der Waals surface area (Å²) in [6.45, 7) is 6.33. The summed E-state index contributed by atoms with van der Waals surface area (Å²) in [7, 11) is 0.276. The number of sulfonamides is 1. The number of hydrogen-bond acceptors (Lipinski definition) is 5. The van der Waals surface area contributed by atoms with Gasteiger partial charge in [0.15, 0.2) is 5.96 Å². The quantitative estimate of drug-likeness (QED) is 0.304. The Morgan fingerprint density at radius 1 is 1.16 bits per heavy atom. The molecule has 1 aliphatic carbocycles. The molecular formula is C22H37IN6O2S. The predicted molar refractivity (Wildman–Crippen MR) is 139 cm³/mol. The predicted octanol–water partition coefficient (Wildman–Crippen LogP) is 1.53. The van der Waals surface area contributed by atoms with Crippen molar-refractivity contribution in [2.45, 2.75) is 55.8 Å². The fraction of sp³-hybridized carbons (Fsp3) is 0.682. The van der Waals surface area contributed by atoms with E-state index in [1.807, 2.05) is 19.2 Å². The molecule has 10 heteroatoms. The van der Waals surface area contributed by atoms with Crippen LogP contribution in [0, 0.1) is 0 Å². The lowest BCUT2D eigenvalue weighted by atomic mass is 10.2. The van der Waals surface area contributed by atoms with Gasteiger partial charge in [-0.3, -0.25) is 9.89 Å². The molecule has 0 bridgehead atoms. The van der Waals surface area contributed by atoms with Crippen LogP contribution in [0.2, 0.25) is 0 Å². The van der Waals surface area contributed by atoms with Gasteiger partial charge in [0.1, 0.15) is 0 Å². The summed E-state index contributed by atoms with van der Waals surface area (Å²) < 4.78 is 28.2. The molecule has 3 aliphatic rings. The molecule has 1 aromatic carbocycles. The van der Waals surface area contributed by atoms with Crippen molar-refractivity contribution >= 4 is 40.0 Å². The third kappa shape index (κ3) is 5.94. The van der Waals surface area contributed by atoms with Crippen LogP contribution < -0.4 is 10.6 Å². The first-order valence-electron chi connectivity index (χ1n) is 11.4. The summed E-state index contributed by atoms with van der Waals surface area (Å²) in [4.78, 5) is 9.52. The normalized spacial score (nSPS) is 26.0. The molecule has 3 fully saturated rings. The molecule has 180 valence electrons. The number of likely N-dealkylation sites (tertiary alicyclic amines) is 1. The van der Waals surface area contributed by atoms with Crippen molar-refractivity contribution in [2.75, 3.05) is 46.8 Å². The number of nitrogens with zero attached hydrogens (tertiary/aromatic N) is 4. The van der Waals surface area contributed by atoms with Gasteiger partial charge < -0.3 is 15.5 Å². The van der Waals surface area contributed by atoms with Gasteiger partial charge >= 0.3 is 0 Å². The summed E-state index contributed by atoms with van der Waals surface area (Å²) in [6.07, 6.45) is 3.75. The van der Waals surface area contributed by atoms with E-state index >= 15 is 0 Å². The van der Waals surface area contributed by atoms with Crippen molar-refractivity contribution in [2.24, 2.45) is 4.99 Å². The standard InChI is InChI=1S/C22H36N6O2S.HI/c1-17-14-19(16-28(17)20-8-9-20)25-22(23-2)24-15-18-6-4-5-7-21(18)31(29,30)27-12-10-26(3)11-13-27;/h4-7,17,19-20H,8-16H2,1-3H3,(H2,23,24,25);1H. The molecule has 2 heterocycles. The van der Waals surface area contributed by atoms with Gasteiger partial charge in [0.2, 0.25) is 10.0 Å². The van der Waals surface area contributed by atoms with Gasteiger partial charge in [0.25, 0.3) is 0 Å². The van der Waals surface area contributed by atoms with E-state index in [1.54, 1.807) is 23.5 Å². The SMILES string of the molecule is CN=C(NCc1ccccc1S(=O)(=O)N1CCN(C)CC1)NC1CC(C)N(C2CC2)C1.I. The number of benzene rings is 1. The van der Waals surface area contributed by atoms with Crippen molar-refractivity contribution in [1.29, 1.82) is 0 Å². The molecule has 0 amide bonds. The first kappa shape index (κ1) is 25.7. The van der Waals surface area contributed by atoms with Crippen molar-refractivity contribution in [1.82, 2.24) is 24.7 Å². The number of guanidine groups is 1.